The lowest BCUT2D eigenvalue weighted by Crippen LogP contribution is -2.49. The molecular weight excluding hydrogens is 308 g/mol. The molecule has 24 heavy (non-hydrogen) atoms. The predicted molar refractivity (Wildman–Crippen MR) is 86.6 cm³/mol. The first kappa shape index (κ1) is 15.3. The zero-order valence-electron chi connectivity index (χ0n) is 13.9. The van der Waals surface area contributed by atoms with Crippen molar-refractivity contribution in [3.8, 4) is 5.75 Å². The fourth-order valence-electron chi connectivity index (χ4n) is 3.79. The van der Waals surface area contributed by atoms with Gasteiger partial charge in [-0.25, -0.2) is 0 Å². The van der Waals surface area contributed by atoms with Crippen LogP contribution in [0.5, 0.6) is 5.75 Å². The molecule has 1 N–H and O–H groups in total. The van der Waals surface area contributed by atoms with Crippen molar-refractivity contribution in [2.75, 3.05) is 7.11 Å². The van der Waals surface area contributed by atoms with Crippen molar-refractivity contribution in [3.63, 3.8) is 0 Å². The van der Waals surface area contributed by atoms with Gasteiger partial charge in [0.05, 0.1) is 18.8 Å². The predicted octanol–water partition coefficient (Wildman–Crippen LogP) is 2.60. The van der Waals surface area contributed by atoms with Crippen LogP contribution >= 0.6 is 0 Å². The SMILES string of the molecule is COC1=CC2=C(C3Oc4ccccc4C(=O)C13)[C@H](O)CC(C)(C)O2. The summed E-state index contributed by atoms with van der Waals surface area (Å²) in [6.45, 7) is 3.85. The van der Waals surface area contributed by atoms with Crippen LogP contribution in [-0.2, 0) is 9.47 Å². The van der Waals surface area contributed by atoms with Gasteiger partial charge in [0.15, 0.2) is 5.78 Å². The van der Waals surface area contributed by atoms with Crippen LogP contribution in [-0.4, -0.2) is 35.8 Å². The standard InChI is InChI=1S/C19H20O5/c1-19(2)9-11(20)15-14(24-19)8-13(22-3)16-17(21)10-6-4-5-7-12(10)23-18(15)16/h4-8,11,16,18,20H,9H2,1-3H3/t11-,16?,18?/m1/s1. The Labute approximate surface area is 140 Å². The van der Waals surface area contributed by atoms with Crippen LogP contribution in [0.4, 0.5) is 0 Å². The third kappa shape index (κ3) is 2.15. The van der Waals surface area contributed by atoms with E-state index in [1.165, 1.54) is 7.11 Å². The van der Waals surface area contributed by atoms with E-state index in [9.17, 15) is 9.90 Å². The smallest absolute Gasteiger partial charge is 0.181 e. The minimum Gasteiger partial charge on any atom is -0.500 e. The van der Waals surface area contributed by atoms with E-state index in [0.29, 0.717) is 34.8 Å². The minimum absolute atomic E-state index is 0.0569. The second-order valence-corrected chi connectivity index (χ2v) is 7.03. The summed E-state index contributed by atoms with van der Waals surface area (Å²) in [5, 5.41) is 10.7. The number of aliphatic hydroxyl groups excluding tert-OH is 1. The molecule has 3 atom stereocenters. The van der Waals surface area contributed by atoms with Crippen LogP contribution < -0.4 is 4.74 Å². The quantitative estimate of drug-likeness (QED) is 0.858. The molecule has 0 bridgehead atoms. The number of rotatable bonds is 1. The number of aliphatic hydroxyl groups is 1. The summed E-state index contributed by atoms with van der Waals surface area (Å²) in [5.74, 6) is 0.929. The average molecular weight is 328 g/mol. The summed E-state index contributed by atoms with van der Waals surface area (Å²) in [5.41, 5.74) is 0.678. The molecule has 0 aromatic heterocycles. The van der Waals surface area contributed by atoms with Gasteiger partial charge in [0.25, 0.3) is 0 Å². The van der Waals surface area contributed by atoms with E-state index in [1.807, 2.05) is 26.0 Å². The highest BCUT2D eigenvalue weighted by Gasteiger charge is 2.50. The van der Waals surface area contributed by atoms with Crippen LogP contribution in [0.15, 0.2) is 47.4 Å². The molecule has 1 aromatic carbocycles. The molecule has 3 aliphatic rings. The highest BCUT2D eigenvalue weighted by atomic mass is 16.5. The summed E-state index contributed by atoms with van der Waals surface area (Å²) >= 11 is 0. The number of methoxy groups -OCH3 is 1. The van der Waals surface area contributed by atoms with Gasteiger partial charge < -0.3 is 19.3 Å². The summed E-state index contributed by atoms with van der Waals surface area (Å²) in [6, 6.07) is 7.16. The summed E-state index contributed by atoms with van der Waals surface area (Å²) in [6.07, 6.45) is 0.845. The normalized spacial score (nSPS) is 30.2. The van der Waals surface area contributed by atoms with Crippen LogP contribution in [0.1, 0.15) is 30.6 Å². The Morgan fingerprint density at radius 1 is 1.29 bits per heavy atom. The number of ether oxygens (including phenoxy) is 3. The van der Waals surface area contributed by atoms with Gasteiger partial charge in [-0.15, -0.1) is 0 Å². The number of carbonyl (C=O) groups excluding carboxylic acids is 1. The molecular formula is C19H20O5. The van der Waals surface area contributed by atoms with Crippen molar-refractivity contribution in [2.45, 2.75) is 38.1 Å². The van der Waals surface area contributed by atoms with Gasteiger partial charge in [-0.2, -0.15) is 0 Å². The molecule has 1 aromatic rings. The second kappa shape index (κ2) is 5.11. The number of hydrogen-bond acceptors (Lipinski definition) is 5. The summed E-state index contributed by atoms with van der Waals surface area (Å²) in [4.78, 5) is 13.0. The van der Waals surface area contributed by atoms with Gasteiger partial charge in [0.2, 0.25) is 0 Å². The Balaban J connectivity index is 1.86. The van der Waals surface area contributed by atoms with Crippen LogP contribution in [0.2, 0.25) is 0 Å². The lowest BCUT2D eigenvalue weighted by Gasteiger charge is -2.44. The molecule has 5 heteroatoms. The molecule has 0 spiro atoms. The highest BCUT2D eigenvalue weighted by Crippen LogP contribution is 2.46. The molecule has 2 aliphatic heterocycles. The van der Waals surface area contributed by atoms with E-state index in [2.05, 4.69) is 0 Å². The molecule has 0 saturated carbocycles. The Kier molecular flexibility index (Phi) is 3.25. The molecule has 0 amide bonds. The van der Waals surface area contributed by atoms with Crippen molar-refractivity contribution in [1.29, 1.82) is 0 Å². The van der Waals surface area contributed by atoms with Gasteiger partial charge in [-0.05, 0) is 26.0 Å². The van der Waals surface area contributed by atoms with Crippen molar-refractivity contribution in [3.05, 3.63) is 53.0 Å². The van der Waals surface area contributed by atoms with E-state index in [0.717, 1.165) is 0 Å². The molecule has 4 rings (SSSR count). The van der Waals surface area contributed by atoms with Crippen molar-refractivity contribution in [2.24, 2.45) is 5.92 Å². The monoisotopic (exact) mass is 328 g/mol. The van der Waals surface area contributed by atoms with Crippen molar-refractivity contribution < 1.29 is 24.1 Å². The summed E-state index contributed by atoms with van der Waals surface area (Å²) < 4.78 is 17.6. The Morgan fingerprint density at radius 3 is 2.79 bits per heavy atom. The number of fused-ring (bicyclic) bond motifs is 3. The van der Waals surface area contributed by atoms with Gasteiger partial charge in [0.1, 0.15) is 34.9 Å². The number of benzene rings is 1. The number of allylic oxidation sites excluding steroid dienone is 1. The van der Waals surface area contributed by atoms with Gasteiger partial charge in [0, 0.05) is 18.1 Å². The first-order valence-electron chi connectivity index (χ1n) is 8.08. The highest BCUT2D eigenvalue weighted by molar-refractivity contribution is 6.03. The van der Waals surface area contributed by atoms with Gasteiger partial charge in [-0.3, -0.25) is 4.79 Å². The molecule has 126 valence electrons. The van der Waals surface area contributed by atoms with E-state index < -0.39 is 23.7 Å². The Bertz CT molecular complexity index is 774. The molecule has 0 radical (unpaired) electrons. The molecule has 1 aliphatic carbocycles. The maximum Gasteiger partial charge on any atom is 0.181 e. The first-order valence-corrected chi connectivity index (χ1v) is 8.08. The lowest BCUT2D eigenvalue weighted by molar-refractivity contribution is -0.0383. The van der Waals surface area contributed by atoms with Crippen LogP contribution in [0, 0.1) is 5.92 Å². The van der Waals surface area contributed by atoms with Crippen LogP contribution in [0.3, 0.4) is 0 Å². The molecule has 0 fully saturated rings. The average Bonchev–Trinajstić information content (AvgIpc) is 2.52. The molecule has 2 heterocycles. The van der Waals surface area contributed by atoms with E-state index in [-0.39, 0.29) is 5.78 Å². The van der Waals surface area contributed by atoms with Crippen molar-refractivity contribution in [1.82, 2.24) is 0 Å². The number of ketones is 1. The van der Waals surface area contributed by atoms with E-state index in [4.69, 9.17) is 14.2 Å². The number of Topliss-reactive ketones (excluding diaryl/α,β-unsaturated/α-hetero) is 1. The second-order valence-electron chi connectivity index (χ2n) is 7.03. The fourth-order valence-corrected chi connectivity index (χ4v) is 3.79. The number of hydrogen-bond donors (Lipinski definition) is 1. The number of carbonyl (C=O) groups is 1. The van der Waals surface area contributed by atoms with E-state index in [1.54, 1.807) is 18.2 Å². The fraction of sp³-hybridized carbons (Fsp3) is 0.421. The third-order valence-corrected chi connectivity index (χ3v) is 4.83. The molecule has 2 unspecified atom stereocenters. The molecule has 5 nitrogen and oxygen atoms in total. The third-order valence-electron chi connectivity index (χ3n) is 4.83. The minimum atomic E-state index is -0.719. The van der Waals surface area contributed by atoms with Crippen LogP contribution in [0.25, 0.3) is 0 Å². The molecule has 0 saturated heterocycles. The zero-order valence-corrected chi connectivity index (χ0v) is 13.9. The largest absolute Gasteiger partial charge is 0.500 e. The zero-order chi connectivity index (χ0) is 17.1. The summed E-state index contributed by atoms with van der Waals surface area (Å²) in [7, 11) is 1.53. The Morgan fingerprint density at radius 2 is 2.04 bits per heavy atom. The number of para-hydroxylation sites is 1. The Hall–Kier alpha value is -2.27. The van der Waals surface area contributed by atoms with E-state index >= 15 is 0 Å². The lowest BCUT2D eigenvalue weighted by atomic mass is 9.76. The topological polar surface area (TPSA) is 65.0 Å². The maximum absolute atomic E-state index is 13.0. The first-order chi connectivity index (χ1) is 11.4. The van der Waals surface area contributed by atoms with Gasteiger partial charge in [-0.1, -0.05) is 12.1 Å². The van der Waals surface area contributed by atoms with Gasteiger partial charge >= 0.3 is 0 Å². The van der Waals surface area contributed by atoms with Crippen molar-refractivity contribution >= 4 is 5.78 Å². The maximum atomic E-state index is 13.0.